The van der Waals surface area contributed by atoms with Crippen LogP contribution in [-0.2, 0) is 0 Å². The standard InChI is InChI=1S/C12H14O/c1-4-10-7-6-8-11(9(10)3)12(13)5-2/h4,6-8H,1,5H2,2-3H3. The van der Waals surface area contributed by atoms with Gasteiger partial charge in [0.05, 0.1) is 0 Å². The first kappa shape index (κ1) is 9.72. The van der Waals surface area contributed by atoms with Gasteiger partial charge in [0.15, 0.2) is 5.78 Å². The van der Waals surface area contributed by atoms with Crippen molar-refractivity contribution in [3.63, 3.8) is 0 Å². The van der Waals surface area contributed by atoms with E-state index in [1.165, 1.54) is 0 Å². The van der Waals surface area contributed by atoms with E-state index in [2.05, 4.69) is 6.58 Å². The molecule has 1 aromatic rings. The molecule has 13 heavy (non-hydrogen) atoms. The maximum Gasteiger partial charge on any atom is 0.162 e. The highest BCUT2D eigenvalue weighted by Gasteiger charge is 2.07. The van der Waals surface area contributed by atoms with Crippen LogP contribution in [-0.4, -0.2) is 5.78 Å². The second-order valence-electron chi connectivity index (χ2n) is 3.00. The molecule has 0 fully saturated rings. The normalized spacial score (nSPS) is 9.69. The average Bonchev–Trinajstić information content (AvgIpc) is 2.17. The Hall–Kier alpha value is -1.37. The van der Waals surface area contributed by atoms with E-state index in [-0.39, 0.29) is 5.78 Å². The van der Waals surface area contributed by atoms with E-state index in [1.807, 2.05) is 32.0 Å². The summed E-state index contributed by atoms with van der Waals surface area (Å²) in [6.07, 6.45) is 2.34. The molecule has 0 radical (unpaired) electrons. The lowest BCUT2D eigenvalue weighted by Gasteiger charge is -2.05. The number of ketones is 1. The van der Waals surface area contributed by atoms with Crippen LogP contribution in [0.5, 0.6) is 0 Å². The molecular weight excluding hydrogens is 160 g/mol. The highest BCUT2D eigenvalue weighted by molar-refractivity contribution is 5.97. The molecule has 0 amide bonds. The Balaban J connectivity index is 3.23. The third kappa shape index (κ3) is 1.86. The van der Waals surface area contributed by atoms with Gasteiger partial charge >= 0.3 is 0 Å². The predicted molar refractivity (Wildman–Crippen MR) is 55.9 cm³/mol. The average molecular weight is 174 g/mol. The Labute approximate surface area is 79.1 Å². The van der Waals surface area contributed by atoms with Crippen LogP contribution in [0.3, 0.4) is 0 Å². The fourth-order valence-corrected chi connectivity index (χ4v) is 1.37. The van der Waals surface area contributed by atoms with E-state index in [9.17, 15) is 4.79 Å². The van der Waals surface area contributed by atoms with Gasteiger partial charge in [-0.3, -0.25) is 4.79 Å². The second-order valence-corrected chi connectivity index (χ2v) is 3.00. The highest BCUT2D eigenvalue weighted by Crippen LogP contribution is 2.16. The molecule has 0 N–H and O–H groups in total. The minimum Gasteiger partial charge on any atom is -0.294 e. The predicted octanol–water partition coefficient (Wildman–Crippen LogP) is 3.23. The largest absolute Gasteiger partial charge is 0.294 e. The summed E-state index contributed by atoms with van der Waals surface area (Å²) in [5.74, 6) is 0.196. The van der Waals surface area contributed by atoms with Crippen LogP contribution >= 0.6 is 0 Å². The Morgan fingerprint density at radius 1 is 1.54 bits per heavy atom. The smallest absolute Gasteiger partial charge is 0.162 e. The number of Topliss-reactive ketones (excluding diaryl/α,β-unsaturated/α-hetero) is 1. The fourth-order valence-electron chi connectivity index (χ4n) is 1.37. The maximum atomic E-state index is 11.5. The van der Waals surface area contributed by atoms with Crippen LogP contribution in [0.15, 0.2) is 24.8 Å². The first-order chi connectivity index (χ1) is 6.20. The molecule has 0 bridgehead atoms. The van der Waals surface area contributed by atoms with Crippen LogP contribution in [0.1, 0.15) is 34.8 Å². The first-order valence-electron chi connectivity index (χ1n) is 4.46. The Morgan fingerprint density at radius 3 is 2.77 bits per heavy atom. The van der Waals surface area contributed by atoms with Crippen LogP contribution in [0.2, 0.25) is 0 Å². The number of carbonyl (C=O) groups is 1. The summed E-state index contributed by atoms with van der Waals surface area (Å²) < 4.78 is 0. The van der Waals surface area contributed by atoms with Crippen molar-refractivity contribution in [3.05, 3.63) is 41.5 Å². The van der Waals surface area contributed by atoms with Crippen LogP contribution in [0.4, 0.5) is 0 Å². The molecular formula is C12H14O. The van der Waals surface area contributed by atoms with Gasteiger partial charge in [0, 0.05) is 12.0 Å². The van der Waals surface area contributed by atoms with Gasteiger partial charge < -0.3 is 0 Å². The molecule has 1 rings (SSSR count). The summed E-state index contributed by atoms with van der Waals surface area (Å²) in [6.45, 7) is 7.54. The summed E-state index contributed by atoms with van der Waals surface area (Å²) in [7, 11) is 0. The zero-order chi connectivity index (χ0) is 9.84. The molecule has 0 heterocycles. The minimum absolute atomic E-state index is 0.196. The van der Waals surface area contributed by atoms with Gasteiger partial charge in [-0.25, -0.2) is 0 Å². The van der Waals surface area contributed by atoms with Crippen molar-refractivity contribution in [3.8, 4) is 0 Å². The van der Waals surface area contributed by atoms with Crippen LogP contribution in [0, 0.1) is 6.92 Å². The van der Waals surface area contributed by atoms with Crippen molar-refractivity contribution in [1.82, 2.24) is 0 Å². The van der Waals surface area contributed by atoms with E-state index < -0.39 is 0 Å². The van der Waals surface area contributed by atoms with Crippen LogP contribution < -0.4 is 0 Å². The number of benzene rings is 1. The lowest BCUT2D eigenvalue weighted by atomic mass is 9.98. The number of carbonyl (C=O) groups excluding carboxylic acids is 1. The van der Waals surface area contributed by atoms with E-state index in [0.717, 1.165) is 16.7 Å². The van der Waals surface area contributed by atoms with Gasteiger partial charge in [-0.15, -0.1) is 0 Å². The number of hydrogen-bond donors (Lipinski definition) is 0. The zero-order valence-corrected chi connectivity index (χ0v) is 8.13. The fraction of sp³-hybridized carbons (Fsp3) is 0.250. The van der Waals surface area contributed by atoms with Crippen LogP contribution in [0.25, 0.3) is 6.08 Å². The topological polar surface area (TPSA) is 17.1 Å². The summed E-state index contributed by atoms with van der Waals surface area (Å²) >= 11 is 0. The summed E-state index contributed by atoms with van der Waals surface area (Å²) in [4.78, 5) is 11.5. The molecule has 1 heteroatoms. The SMILES string of the molecule is C=Cc1cccc(C(=O)CC)c1C. The molecule has 0 unspecified atom stereocenters. The first-order valence-corrected chi connectivity index (χ1v) is 4.46. The van der Waals surface area contributed by atoms with Crippen molar-refractivity contribution in [1.29, 1.82) is 0 Å². The molecule has 0 aliphatic rings. The maximum absolute atomic E-state index is 11.5. The Morgan fingerprint density at radius 2 is 2.23 bits per heavy atom. The highest BCUT2D eigenvalue weighted by atomic mass is 16.1. The minimum atomic E-state index is 0.196. The van der Waals surface area contributed by atoms with Crippen molar-refractivity contribution in [2.75, 3.05) is 0 Å². The third-order valence-electron chi connectivity index (χ3n) is 2.22. The Kier molecular flexibility index (Phi) is 3.02. The molecule has 0 saturated heterocycles. The van der Waals surface area contributed by atoms with E-state index >= 15 is 0 Å². The monoisotopic (exact) mass is 174 g/mol. The molecule has 1 aromatic carbocycles. The van der Waals surface area contributed by atoms with Gasteiger partial charge in [-0.2, -0.15) is 0 Å². The molecule has 0 aromatic heterocycles. The van der Waals surface area contributed by atoms with E-state index in [4.69, 9.17) is 0 Å². The summed E-state index contributed by atoms with van der Waals surface area (Å²) in [6, 6.07) is 5.73. The third-order valence-corrected chi connectivity index (χ3v) is 2.22. The molecule has 68 valence electrons. The van der Waals surface area contributed by atoms with Gasteiger partial charge in [0.1, 0.15) is 0 Å². The Bertz CT molecular complexity index is 337. The van der Waals surface area contributed by atoms with Crippen molar-refractivity contribution < 1.29 is 4.79 Å². The quantitative estimate of drug-likeness (QED) is 0.643. The van der Waals surface area contributed by atoms with Crippen molar-refractivity contribution in [2.45, 2.75) is 20.3 Å². The van der Waals surface area contributed by atoms with E-state index in [0.29, 0.717) is 6.42 Å². The van der Waals surface area contributed by atoms with E-state index in [1.54, 1.807) is 6.08 Å². The van der Waals surface area contributed by atoms with Gasteiger partial charge in [-0.1, -0.05) is 37.8 Å². The number of rotatable bonds is 3. The van der Waals surface area contributed by atoms with Crippen molar-refractivity contribution in [2.24, 2.45) is 0 Å². The molecule has 0 aliphatic heterocycles. The molecule has 0 atom stereocenters. The second kappa shape index (κ2) is 4.04. The lowest BCUT2D eigenvalue weighted by molar-refractivity contribution is 0.0987. The molecule has 0 saturated carbocycles. The van der Waals surface area contributed by atoms with Gasteiger partial charge in [0.2, 0.25) is 0 Å². The van der Waals surface area contributed by atoms with Crippen molar-refractivity contribution >= 4 is 11.9 Å². The lowest BCUT2D eigenvalue weighted by Crippen LogP contribution is -2.00. The molecule has 0 spiro atoms. The molecule has 0 aliphatic carbocycles. The number of hydrogen-bond acceptors (Lipinski definition) is 1. The van der Waals surface area contributed by atoms with Gasteiger partial charge in [0.25, 0.3) is 0 Å². The van der Waals surface area contributed by atoms with Gasteiger partial charge in [-0.05, 0) is 18.1 Å². The zero-order valence-electron chi connectivity index (χ0n) is 8.13. The summed E-state index contributed by atoms with van der Waals surface area (Å²) in [5.41, 5.74) is 2.89. The summed E-state index contributed by atoms with van der Waals surface area (Å²) in [5, 5.41) is 0. The molecule has 1 nitrogen and oxygen atoms in total.